The maximum atomic E-state index is 11.9. The molecule has 0 aliphatic rings. The predicted molar refractivity (Wildman–Crippen MR) is 61.5 cm³/mol. The van der Waals surface area contributed by atoms with Crippen LogP contribution in [0.4, 0.5) is 5.95 Å². The number of nitrogens with zero attached hydrogens (tertiary/aromatic N) is 5. The van der Waals surface area contributed by atoms with Gasteiger partial charge in [-0.05, 0) is 0 Å². The lowest BCUT2D eigenvalue weighted by atomic mass is 10.6. The van der Waals surface area contributed by atoms with Gasteiger partial charge in [-0.25, -0.2) is 23.1 Å². The molecule has 10 heteroatoms. The van der Waals surface area contributed by atoms with Crippen LogP contribution < -0.4 is 10.5 Å². The van der Waals surface area contributed by atoms with E-state index in [1.807, 2.05) is 0 Å². The van der Waals surface area contributed by atoms with E-state index in [1.54, 1.807) is 11.6 Å². The van der Waals surface area contributed by atoms with E-state index in [4.69, 9.17) is 5.73 Å². The van der Waals surface area contributed by atoms with E-state index < -0.39 is 10.0 Å². The Bertz CT molecular complexity index is 634. The molecule has 2 aromatic rings. The molecule has 18 heavy (non-hydrogen) atoms. The first-order chi connectivity index (χ1) is 8.49. The lowest BCUT2D eigenvalue weighted by Gasteiger charge is -2.05. The van der Waals surface area contributed by atoms with E-state index in [9.17, 15) is 8.42 Å². The molecule has 3 N–H and O–H groups in total. The second-order valence-corrected chi connectivity index (χ2v) is 5.23. The number of rotatable bonds is 4. The highest BCUT2D eigenvalue weighted by Crippen LogP contribution is 2.06. The van der Waals surface area contributed by atoms with Crippen LogP contribution >= 0.6 is 0 Å². The van der Waals surface area contributed by atoms with Gasteiger partial charge in [-0.1, -0.05) is 0 Å². The molecule has 0 aliphatic carbocycles. The Balaban J connectivity index is 2.13. The maximum absolute atomic E-state index is 11.9. The fourth-order valence-corrected chi connectivity index (χ4v) is 2.04. The molecule has 0 spiro atoms. The van der Waals surface area contributed by atoms with E-state index in [2.05, 4.69) is 24.9 Å². The third-order valence-electron chi connectivity index (χ3n) is 2.18. The van der Waals surface area contributed by atoms with Gasteiger partial charge in [-0.3, -0.25) is 0 Å². The number of hydrogen-bond donors (Lipinski definition) is 2. The first-order valence-corrected chi connectivity index (χ1v) is 6.37. The Morgan fingerprint density at radius 2 is 2.06 bits per heavy atom. The van der Waals surface area contributed by atoms with E-state index in [0.717, 1.165) is 12.4 Å². The summed E-state index contributed by atoms with van der Waals surface area (Å²) in [6, 6.07) is 0. The molecular weight excluding hydrogens is 258 g/mol. The summed E-state index contributed by atoms with van der Waals surface area (Å²) in [6.45, 7) is 0.0310. The van der Waals surface area contributed by atoms with Crippen LogP contribution in [0.25, 0.3) is 0 Å². The molecular formula is C8H11N7O2S. The number of sulfonamides is 1. The van der Waals surface area contributed by atoms with Crippen molar-refractivity contribution >= 4 is 16.0 Å². The van der Waals surface area contributed by atoms with Crippen LogP contribution in [-0.2, 0) is 23.6 Å². The van der Waals surface area contributed by atoms with Gasteiger partial charge < -0.3 is 10.3 Å². The number of nitrogens with one attached hydrogen (secondary N) is 1. The van der Waals surface area contributed by atoms with Crippen molar-refractivity contribution in [3.63, 3.8) is 0 Å². The molecule has 0 radical (unpaired) electrons. The van der Waals surface area contributed by atoms with Crippen molar-refractivity contribution in [3.05, 3.63) is 24.5 Å². The summed E-state index contributed by atoms with van der Waals surface area (Å²) >= 11 is 0. The smallest absolute Gasteiger partial charge is 0.244 e. The minimum Gasteiger partial charge on any atom is -0.368 e. The van der Waals surface area contributed by atoms with E-state index in [1.165, 1.54) is 6.33 Å². The third-order valence-corrected chi connectivity index (χ3v) is 3.54. The maximum Gasteiger partial charge on any atom is 0.244 e. The van der Waals surface area contributed by atoms with Gasteiger partial charge in [-0.15, -0.1) is 10.2 Å². The quantitative estimate of drug-likeness (QED) is 0.703. The van der Waals surface area contributed by atoms with E-state index in [0.29, 0.717) is 5.82 Å². The summed E-state index contributed by atoms with van der Waals surface area (Å²) in [5.74, 6) is 0.511. The Morgan fingerprint density at radius 1 is 1.39 bits per heavy atom. The topological polar surface area (TPSA) is 129 Å². The summed E-state index contributed by atoms with van der Waals surface area (Å²) in [7, 11) is -1.96. The van der Waals surface area contributed by atoms with Crippen LogP contribution in [0.3, 0.4) is 0 Å². The monoisotopic (exact) mass is 269 g/mol. The molecule has 0 aliphatic heterocycles. The van der Waals surface area contributed by atoms with Gasteiger partial charge in [0, 0.05) is 7.05 Å². The zero-order chi connectivity index (χ0) is 13.2. The Labute approximate surface area is 103 Å². The number of nitrogens with two attached hydrogens (primary N) is 1. The molecule has 2 heterocycles. The van der Waals surface area contributed by atoms with Crippen molar-refractivity contribution in [1.82, 2.24) is 29.5 Å². The second-order valence-electron chi connectivity index (χ2n) is 3.46. The summed E-state index contributed by atoms with van der Waals surface area (Å²) in [6.07, 6.45) is 3.76. The van der Waals surface area contributed by atoms with Crippen molar-refractivity contribution in [2.45, 2.75) is 11.4 Å². The fourth-order valence-electron chi connectivity index (χ4n) is 1.18. The summed E-state index contributed by atoms with van der Waals surface area (Å²) < 4.78 is 27.7. The number of hydrogen-bond acceptors (Lipinski definition) is 7. The molecule has 0 unspecified atom stereocenters. The Kier molecular flexibility index (Phi) is 3.21. The van der Waals surface area contributed by atoms with Crippen LogP contribution in [0.1, 0.15) is 5.82 Å². The minimum atomic E-state index is -3.68. The molecule has 0 atom stereocenters. The molecule has 9 nitrogen and oxygen atoms in total. The zero-order valence-corrected chi connectivity index (χ0v) is 10.3. The summed E-state index contributed by atoms with van der Waals surface area (Å²) in [5.41, 5.74) is 5.28. The second kappa shape index (κ2) is 4.66. The highest BCUT2D eigenvalue weighted by molar-refractivity contribution is 7.89. The first-order valence-electron chi connectivity index (χ1n) is 4.89. The molecule has 0 amide bonds. The lowest BCUT2D eigenvalue weighted by molar-refractivity contribution is 0.576. The highest BCUT2D eigenvalue weighted by Gasteiger charge is 2.15. The molecule has 0 fully saturated rings. The number of aryl methyl sites for hydroxylation is 1. The van der Waals surface area contributed by atoms with Gasteiger partial charge in [0.2, 0.25) is 16.0 Å². The molecule has 2 aromatic heterocycles. The van der Waals surface area contributed by atoms with Gasteiger partial charge in [0.1, 0.15) is 17.0 Å². The molecule has 0 aromatic carbocycles. The average molecular weight is 269 g/mol. The predicted octanol–water partition coefficient (Wildman–Crippen LogP) is -1.33. The number of anilines is 1. The Morgan fingerprint density at radius 3 is 2.61 bits per heavy atom. The lowest BCUT2D eigenvalue weighted by Crippen LogP contribution is -2.25. The minimum absolute atomic E-state index is 0.0160. The SMILES string of the molecule is Cn1cnnc1CNS(=O)(=O)c1cnc(N)nc1. The molecule has 96 valence electrons. The standard InChI is InChI=1S/C8H11N7O2S/c1-15-5-12-14-7(15)4-13-18(16,17)6-2-10-8(9)11-3-6/h2-3,5,13H,4H2,1H3,(H2,9,10,11). The Hall–Kier alpha value is -2.07. The van der Waals surface area contributed by atoms with E-state index in [-0.39, 0.29) is 17.4 Å². The van der Waals surface area contributed by atoms with Crippen LogP contribution in [0, 0.1) is 0 Å². The van der Waals surface area contributed by atoms with Gasteiger partial charge in [0.15, 0.2) is 0 Å². The molecule has 0 bridgehead atoms. The molecule has 0 saturated carbocycles. The highest BCUT2D eigenvalue weighted by atomic mass is 32.2. The summed E-state index contributed by atoms with van der Waals surface area (Å²) in [5, 5.41) is 7.41. The largest absolute Gasteiger partial charge is 0.368 e. The molecule has 0 saturated heterocycles. The van der Waals surface area contributed by atoms with Gasteiger partial charge in [-0.2, -0.15) is 0 Å². The van der Waals surface area contributed by atoms with Crippen molar-refractivity contribution in [2.75, 3.05) is 5.73 Å². The van der Waals surface area contributed by atoms with Gasteiger partial charge in [0.25, 0.3) is 0 Å². The van der Waals surface area contributed by atoms with Crippen molar-refractivity contribution in [1.29, 1.82) is 0 Å². The van der Waals surface area contributed by atoms with E-state index >= 15 is 0 Å². The zero-order valence-electron chi connectivity index (χ0n) is 9.48. The van der Waals surface area contributed by atoms with Crippen molar-refractivity contribution < 1.29 is 8.42 Å². The van der Waals surface area contributed by atoms with Crippen LogP contribution in [0.15, 0.2) is 23.6 Å². The molecule has 2 rings (SSSR count). The van der Waals surface area contributed by atoms with Crippen LogP contribution in [0.5, 0.6) is 0 Å². The van der Waals surface area contributed by atoms with Gasteiger partial charge >= 0.3 is 0 Å². The first kappa shape index (κ1) is 12.4. The van der Waals surface area contributed by atoms with Crippen LogP contribution in [0.2, 0.25) is 0 Å². The normalized spacial score (nSPS) is 11.6. The van der Waals surface area contributed by atoms with Gasteiger partial charge in [0.05, 0.1) is 18.9 Å². The summed E-state index contributed by atoms with van der Waals surface area (Å²) in [4.78, 5) is 7.19. The third kappa shape index (κ3) is 2.60. The van der Waals surface area contributed by atoms with Crippen molar-refractivity contribution in [2.24, 2.45) is 7.05 Å². The van der Waals surface area contributed by atoms with Crippen LogP contribution in [-0.4, -0.2) is 33.2 Å². The number of aromatic nitrogens is 5. The van der Waals surface area contributed by atoms with Crippen molar-refractivity contribution in [3.8, 4) is 0 Å². The fraction of sp³-hybridized carbons (Fsp3) is 0.250. The average Bonchev–Trinajstić information content (AvgIpc) is 2.73. The number of nitrogen functional groups attached to an aromatic ring is 1.